The van der Waals surface area contributed by atoms with Gasteiger partial charge in [0, 0.05) is 11.3 Å². The molecule has 0 bridgehead atoms. The van der Waals surface area contributed by atoms with Gasteiger partial charge in [0.2, 0.25) is 0 Å². The molecule has 1 fully saturated rings. The molecule has 1 aliphatic carbocycles. The van der Waals surface area contributed by atoms with E-state index in [2.05, 4.69) is 0 Å². The number of rotatable bonds is 0. The van der Waals surface area contributed by atoms with Gasteiger partial charge < -0.3 is 10.2 Å². The second kappa shape index (κ2) is 1.50. The maximum absolute atomic E-state index is 9.27. The highest BCUT2D eigenvalue weighted by atomic mass is 16.5. The van der Waals surface area contributed by atoms with E-state index >= 15 is 0 Å². The Balaban J connectivity index is 2.70. The third-order valence-electron chi connectivity index (χ3n) is 2.50. The fourth-order valence-electron chi connectivity index (χ4n) is 1.59. The van der Waals surface area contributed by atoms with E-state index in [-0.39, 0.29) is 11.3 Å². The van der Waals surface area contributed by atoms with Crippen LogP contribution in [0.4, 0.5) is 0 Å². The third kappa shape index (κ3) is 0.700. The van der Waals surface area contributed by atoms with E-state index in [1.807, 2.05) is 20.8 Å². The van der Waals surface area contributed by atoms with Crippen molar-refractivity contribution in [3.63, 3.8) is 0 Å². The Bertz CT molecular complexity index is 127. The van der Waals surface area contributed by atoms with E-state index < -0.39 is 5.79 Å². The third-order valence-corrected chi connectivity index (χ3v) is 2.50. The van der Waals surface area contributed by atoms with Crippen LogP contribution in [0, 0.1) is 11.3 Å². The molecule has 1 aliphatic rings. The molecule has 9 heavy (non-hydrogen) atoms. The predicted octanol–water partition coefficient (Wildman–Crippen LogP) is 0.733. The van der Waals surface area contributed by atoms with Gasteiger partial charge in [-0.3, -0.25) is 0 Å². The van der Waals surface area contributed by atoms with Gasteiger partial charge in [0.05, 0.1) is 0 Å². The Morgan fingerprint density at radius 2 is 1.78 bits per heavy atom. The SMILES string of the molecule is CC1CC(C)(C)C1(O)O. The molecule has 1 unspecified atom stereocenters. The monoisotopic (exact) mass is 130 g/mol. The van der Waals surface area contributed by atoms with Crippen molar-refractivity contribution >= 4 is 0 Å². The second-order valence-electron chi connectivity index (χ2n) is 3.72. The van der Waals surface area contributed by atoms with Crippen LogP contribution < -0.4 is 0 Å². The van der Waals surface area contributed by atoms with Gasteiger partial charge in [-0.25, -0.2) is 0 Å². The summed E-state index contributed by atoms with van der Waals surface area (Å²) in [6, 6.07) is 0. The zero-order chi connectivity index (χ0) is 7.28. The van der Waals surface area contributed by atoms with E-state index in [4.69, 9.17) is 0 Å². The normalized spacial score (nSPS) is 37.7. The van der Waals surface area contributed by atoms with Crippen LogP contribution in [0.15, 0.2) is 0 Å². The molecular formula is C7H14O2. The zero-order valence-electron chi connectivity index (χ0n) is 6.18. The van der Waals surface area contributed by atoms with Crippen molar-refractivity contribution in [3.8, 4) is 0 Å². The van der Waals surface area contributed by atoms with Gasteiger partial charge in [-0.1, -0.05) is 20.8 Å². The first-order chi connectivity index (χ1) is 3.88. The fraction of sp³-hybridized carbons (Fsp3) is 1.00. The summed E-state index contributed by atoms with van der Waals surface area (Å²) in [5, 5.41) is 18.5. The van der Waals surface area contributed by atoms with Crippen molar-refractivity contribution in [2.45, 2.75) is 33.0 Å². The summed E-state index contributed by atoms with van der Waals surface area (Å²) in [5.41, 5.74) is -0.299. The van der Waals surface area contributed by atoms with Crippen molar-refractivity contribution in [1.29, 1.82) is 0 Å². The molecule has 0 aromatic carbocycles. The summed E-state index contributed by atoms with van der Waals surface area (Å²) in [5.74, 6) is -1.39. The number of aliphatic hydroxyl groups is 2. The molecule has 0 saturated heterocycles. The van der Waals surface area contributed by atoms with Crippen molar-refractivity contribution < 1.29 is 10.2 Å². The van der Waals surface area contributed by atoms with Crippen LogP contribution in [0.2, 0.25) is 0 Å². The molecule has 2 heteroatoms. The highest BCUT2D eigenvalue weighted by molar-refractivity contribution is 4.99. The van der Waals surface area contributed by atoms with Crippen LogP contribution in [0.25, 0.3) is 0 Å². The van der Waals surface area contributed by atoms with Crippen LogP contribution in [-0.4, -0.2) is 16.0 Å². The quantitative estimate of drug-likeness (QED) is 0.475. The summed E-state index contributed by atoms with van der Waals surface area (Å²) < 4.78 is 0. The summed E-state index contributed by atoms with van der Waals surface area (Å²) in [6.07, 6.45) is 0.903. The molecule has 1 atom stereocenters. The predicted molar refractivity (Wildman–Crippen MR) is 34.7 cm³/mol. The molecule has 0 amide bonds. The highest BCUT2D eigenvalue weighted by Gasteiger charge is 2.56. The Hall–Kier alpha value is -0.0800. The van der Waals surface area contributed by atoms with Crippen LogP contribution in [0.3, 0.4) is 0 Å². The Labute approximate surface area is 55.5 Å². The molecule has 1 saturated carbocycles. The van der Waals surface area contributed by atoms with Gasteiger partial charge in [-0.2, -0.15) is 0 Å². The van der Waals surface area contributed by atoms with Crippen LogP contribution in [0.5, 0.6) is 0 Å². The molecule has 0 aromatic heterocycles. The smallest absolute Gasteiger partial charge is 0.170 e. The summed E-state index contributed by atoms with van der Waals surface area (Å²) in [7, 11) is 0. The molecule has 0 spiro atoms. The number of hydrogen-bond acceptors (Lipinski definition) is 2. The Kier molecular flexibility index (Phi) is 1.17. The van der Waals surface area contributed by atoms with Crippen molar-refractivity contribution in [2.75, 3.05) is 0 Å². The van der Waals surface area contributed by atoms with Crippen LogP contribution in [0.1, 0.15) is 27.2 Å². The van der Waals surface area contributed by atoms with Gasteiger partial charge in [0.1, 0.15) is 0 Å². The molecule has 0 heterocycles. The summed E-state index contributed by atoms with van der Waals surface area (Å²) in [4.78, 5) is 0. The molecular weight excluding hydrogens is 116 g/mol. The maximum atomic E-state index is 9.27. The molecule has 2 N–H and O–H groups in total. The topological polar surface area (TPSA) is 40.5 Å². The zero-order valence-corrected chi connectivity index (χ0v) is 6.18. The van der Waals surface area contributed by atoms with Gasteiger partial charge in [0.25, 0.3) is 0 Å². The van der Waals surface area contributed by atoms with Crippen LogP contribution >= 0.6 is 0 Å². The van der Waals surface area contributed by atoms with Gasteiger partial charge in [-0.05, 0) is 6.42 Å². The van der Waals surface area contributed by atoms with E-state index in [0.29, 0.717) is 0 Å². The Morgan fingerprint density at radius 3 is 1.78 bits per heavy atom. The highest BCUT2D eigenvalue weighted by Crippen LogP contribution is 2.51. The molecule has 54 valence electrons. The minimum Gasteiger partial charge on any atom is -0.365 e. The maximum Gasteiger partial charge on any atom is 0.170 e. The summed E-state index contributed by atoms with van der Waals surface area (Å²) >= 11 is 0. The average molecular weight is 130 g/mol. The molecule has 0 aliphatic heterocycles. The minimum absolute atomic E-state index is 0.0347. The lowest BCUT2D eigenvalue weighted by Crippen LogP contribution is -2.60. The second-order valence-corrected chi connectivity index (χ2v) is 3.72. The van der Waals surface area contributed by atoms with Gasteiger partial charge in [-0.15, -0.1) is 0 Å². The lowest BCUT2D eigenvalue weighted by atomic mass is 9.59. The van der Waals surface area contributed by atoms with Crippen molar-refractivity contribution in [1.82, 2.24) is 0 Å². The van der Waals surface area contributed by atoms with Crippen LogP contribution in [-0.2, 0) is 0 Å². The number of hydrogen-bond donors (Lipinski definition) is 2. The van der Waals surface area contributed by atoms with Crippen molar-refractivity contribution in [3.05, 3.63) is 0 Å². The molecule has 0 radical (unpaired) electrons. The lowest BCUT2D eigenvalue weighted by molar-refractivity contribution is -0.327. The lowest BCUT2D eigenvalue weighted by Gasteiger charge is -2.53. The van der Waals surface area contributed by atoms with E-state index in [1.165, 1.54) is 0 Å². The fourth-order valence-corrected chi connectivity index (χ4v) is 1.59. The van der Waals surface area contributed by atoms with Gasteiger partial charge in [0.15, 0.2) is 5.79 Å². The van der Waals surface area contributed by atoms with E-state index in [1.54, 1.807) is 0 Å². The van der Waals surface area contributed by atoms with Gasteiger partial charge >= 0.3 is 0 Å². The first-order valence-corrected chi connectivity index (χ1v) is 3.33. The van der Waals surface area contributed by atoms with Crippen molar-refractivity contribution in [2.24, 2.45) is 11.3 Å². The standard InChI is InChI=1S/C7H14O2/c1-5-4-6(2,3)7(5,8)9/h5,8-9H,4H2,1-3H3. The molecule has 2 nitrogen and oxygen atoms in total. The first-order valence-electron chi connectivity index (χ1n) is 3.33. The molecule has 0 aromatic rings. The van der Waals surface area contributed by atoms with E-state index in [0.717, 1.165) is 6.42 Å². The van der Waals surface area contributed by atoms with E-state index in [9.17, 15) is 10.2 Å². The molecule has 1 rings (SSSR count). The summed E-state index contributed by atoms with van der Waals surface area (Å²) in [6.45, 7) is 5.59. The largest absolute Gasteiger partial charge is 0.365 e. The average Bonchev–Trinajstić information content (AvgIpc) is 1.65. The Morgan fingerprint density at radius 1 is 1.33 bits per heavy atom. The first kappa shape index (κ1) is 7.03. The minimum atomic E-state index is -1.42.